The number of carbonyl (C=O) groups excluding carboxylic acids is 1. The number of amides is 1. The molecule has 0 saturated carbocycles. The van der Waals surface area contributed by atoms with Crippen LogP contribution in [0, 0.1) is 6.92 Å². The Kier molecular flexibility index (Phi) is 5.33. The number of hydrogen-bond acceptors (Lipinski definition) is 5. The maximum Gasteiger partial charge on any atom is 0.253 e. The summed E-state index contributed by atoms with van der Waals surface area (Å²) in [6.45, 7) is 5.87. The quantitative estimate of drug-likeness (QED) is 0.691. The minimum Gasteiger partial charge on any atom is -0.487 e. The molecule has 146 valence electrons. The first-order valence-corrected chi connectivity index (χ1v) is 10.3. The van der Waals surface area contributed by atoms with Gasteiger partial charge in [0.2, 0.25) is 0 Å². The number of rotatable bonds is 5. The molecule has 0 atom stereocenters. The number of aryl methyl sites for hydroxylation is 1. The third kappa shape index (κ3) is 4.03. The molecule has 5 nitrogen and oxygen atoms in total. The van der Waals surface area contributed by atoms with Crippen LogP contribution in [0.4, 0.5) is 0 Å². The largest absolute Gasteiger partial charge is 0.487 e. The zero-order valence-corrected chi connectivity index (χ0v) is 17.0. The highest BCUT2D eigenvalue weighted by Crippen LogP contribution is 2.34. The summed E-state index contributed by atoms with van der Waals surface area (Å²) in [6, 6.07) is 11.7. The van der Waals surface area contributed by atoms with Gasteiger partial charge in [0.1, 0.15) is 12.4 Å². The van der Waals surface area contributed by atoms with Crippen LogP contribution in [0.1, 0.15) is 40.7 Å². The van der Waals surface area contributed by atoms with Crippen molar-refractivity contribution in [3.63, 3.8) is 0 Å². The summed E-state index contributed by atoms with van der Waals surface area (Å²) in [6.07, 6.45) is 3.42. The first-order chi connectivity index (χ1) is 13.5. The monoisotopic (exact) mass is 396 g/mol. The van der Waals surface area contributed by atoms with Gasteiger partial charge in [0.15, 0.2) is 0 Å². The molecule has 3 heterocycles. The van der Waals surface area contributed by atoms with Crippen LogP contribution in [0.3, 0.4) is 0 Å². The maximum atomic E-state index is 13.1. The lowest BCUT2D eigenvalue weighted by Gasteiger charge is -2.34. The van der Waals surface area contributed by atoms with Gasteiger partial charge in [-0.05, 0) is 57.0 Å². The highest BCUT2D eigenvalue weighted by atomic mass is 32.1. The van der Waals surface area contributed by atoms with Crippen LogP contribution in [-0.4, -0.2) is 29.6 Å². The molecule has 1 aromatic carbocycles. The summed E-state index contributed by atoms with van der Waals surface area (Å²) in [7, 11) is 0. The molecular weight excluding hydrogens is 372 g/mol. The SMILES string of the molecule is Cc1sc2ccc(OCc3ccccn3)cc2c1C(=O)NC1(C)CCOCC1. The number of benzene rings is 1. The van der Waals surface area contributed by atoms with Gasteiger partial charge in [0, 0.05) is 39.9 Å². The van der Waals surface area contributed by atoms with Crippen LogP contribution < -0.4 is 10.1 Å². The lowest BCUT2D eigenvalue weighted by Crippen LogP contribution is -2.49. The molecule has 1 aliphatic heterocycles. The van der Waals surface area contributed by atoms with Crippen molar-refractivity contribution in [3.05, 3.63) is 58.7 Å². The standard InChI is InChI=1S/C22H24N2O3S/c1-15-20(21(25)24-22(2)8-11-26-12-9-22)18-13-17(6-7-19(18)28-15)27-14-16-5-3-4-10-23-16/h3-7,10,13H,8-9,11-12,14H2,1-2H3,(H,24,25). The molecule has 2 aromatic heterocycles. The van der Waals surface area contributed by atoms with E-state index >= 15 is 0 Å². The number of nitrogens with one attached hydrogen (secondary N) is 1. The van der Waals surface area contributed by atoms with Crippen LogP contribution in [0.5, 0.6) is 5.75 Å². The molecule has 1 aliphatic rings. The average molecular weight is 397 g/mol. The van der Waals surface area contributed by atoms with Crippen LogP contribution in [0.25, 0.3) is 10.1 Å². The van der Waals surface area contributed by atoms with E-state index in [0.717, 1.165) is 44.8 Å². The summed E-state index contributed by atoms with van der Waals surface area (Å²) >= 11 is 1.64. The lowest BCUT2D eigenvalue weighted by atomic mass is 9.92. The van der Waals surface area contributed by atoms with Crippen molar-refractivity contribution in [2.75, 3.05) is 13.2 Å². The van der Waals surface area contributed by atoms with E-state index in [1.807, 2.05) is 43.3 Å². The van der Waals surface area contributed by atoms with Gasteiger partial charge in [0.25, 0.3) is 5.91 Å². The highest BCUT2D eigenvalue weighted by Gasteiger charge is 2.30. The fourth-order valence-corrected chi connectivity index (χ4v) is 4.54. The fraction of sp³-hybridized carbons (Fsp3) is 0.364. The Morgan fingerprint density at radius 3 is 2.86 bits per heavy atom. The van der Waals surface area contributed by atoms with Crippen LogP contribution in [-0.2, 0) is 11.3 Å². The second-order valence-corrected chi connectivity index (χ2v) is 8.68. The molecule has 1 saturated heterocycles. The number of nitrogens with zero attached hydrogens (tertiary/aromatic N) is 1. The van der Waals surface area contributed by atoms with E-state index in [0.29, 0.717) is 19.8 Å². The molecule has 3 aromatic rings. The fourth-order valence-electron chi connectivity index (χ4n) is 3.50. The number of ether oxygens (including phenoxy) is 2. The molecule has 4 rings (SSSR count). The van der Waals surface area contributed by atoms with Crippen molar-refractivity contribution in [3.8, 4) is 5.75 Å². The average Bonchev–Trinajstić information content (AvgIpc) is 3.02. The van der Waals surface area contributed by atoms with E-state index < -0.39 is 0 Å². The van der Waals surface area contributed by atoms with E-state index in [1.165, 1.54) is 0 Å². The molecule has 0 spiro atoms. The summed E-state index contributed by atoms with van der Waals surface area (Å²) in [5.74, 6) is 0.720. The van der Waals surface area contributed by atoms with Gasteiger partial charge in [-0.15, -0.1) is 11.3 Å². The predicted octanol–water partition coefficient (Wildman–Crippen LogP) is 4.48. The maximum absolute atomic E-state index is 13.1. The Labute approximate surface area is 168 Å². The molecule has 1 fully saturated rings. The molecule has 6 heteroatoms. The first-order valence-electron chi connectivity index (χ1n) is 9.50. The number of thiophene rings is 1. The van der Waals surface area contributed by atoms with E-state index in [1.54, 1.807) is 17.5 Å². The molecule has 1 N–H and O–H groups in total. The van der Waals surface area contributed by atoms with Gasteiger partial charge in [0.05, 0.1) is 11.3 Å². The van der Waals surface area contributed by atoms with Crippen molar-refractivity contribution in [1.29, 1.82) is 0 Å². The summed E-state index contributed by atoms with van der Waals surface area (Å²) < 4.78 is 12.4. The van der Waals surface area contributed by atoms with E-state index in [2.05, 4.69) is 17.2 Å². The number of fused-ring (bicyclic) bond motifs is 1. The topological polar surface area (TPSA) is 60.5 Å². The van der Waals surface area contributed by atoms with E-state index in [-0.39, 0.29) is 11.4 Å². The van der Waals surface area contributed by atoms with Gasteiger partial charge >= 0.3 is 0 Å². The van der Waals surface area contributed by atoms with Gasteiger partial charge in [-0.2, -0.15) is 0 Å². The second-order valence-electron chi connectivity index (χ2n) is 7.43. The van der Waals surface area contributed by atoms with Crippen molar-refractivity contribution in [2.24, 2.45) is 0 Å². The van der Waals surface area contributed by atoms with Crippen LogP contribution in [0.2, 0.25) is 0 Å². The van der Waals surface area contributed by atoms with E-state index in [9.17, 15) is 4.79 Å². The van der Waals surface area contributed by atoms with Gasteiger partial charge in [-0.25, -0.2) is 0 Å². The molecule has 0 unspecified atom stereocenters. The van der Waals surface area contributed by atoms with E-state index in [4.69, 9.17) is 9.47 Å². The molecule has 1 amide bonds. The molecule has 0 aliphatic carbocycles. The summed E-state index contributed by atoms with van der Waals surface area (Å²) in [5, 5.41) is 4.18. The zero-order valence-electron chi connectivity index (χ0n) is 16.2. The Balaban J connectivity index is 1.57. The number of carbonyl (C=O) groups is 1. The molecule has 0 radical (unpaired) electrons. The minimum atomic E-state index is -0.219. The molecular formula is C22H24N2O3S. The van der Waals surface area contributed by atoms with Crippen LogP contribution >= 0.6 is 11.3 Å². The third-order valence-electron chi connectivity index (χ3n) is 5.19. The molecule has 28 heavy (non-hydrogen) atoms. The van der Waals surface area contributed by atoms with Gasteiger partial charge in [-0.3, -0.25) is 9.78 Å². The minimum absolute atomic E-state index is 0.0185. The van der Waals surface area contributed by atoms with Gasteiger partial charge < -0.3 is 14.8 Å². The third-order valence-corrected chi connectivity index (χ3v) is 6.27. The van der Waals surface area contributed by atoms with Crippen molar-refractivity contribution >= 4 is 27.3 Å². The first kappa shape index (κ1) is 18.9. The normalized spacial score (nSPS) is 16.1. The van der Waals surface area contributed by atoms with Crippen LogP contribution in [0.15, 0.2) is 42.6 Å². The lowest BCUT2D eigenvalue weighted by molar-refractivity contribution is 0.0423. The zero-order chi connectivity index (χ0) is 19.6. The van der Waals surface area contributed by atoms with Crippen molar-refractivity contribution < 1.29 is 14.3 Å². The number of hydrogen-bond donors (Lipinski definition) is 1. The predicted molar refractivity (Wildman–Crippen MR) is 111 cm³/mol. The van der Waals surface area contributed by atoms with Gasteiger partial charge in [-0.1, -0.05) is 6.07 Å². The summed E-state index contributed by atoms with van der Waals surface area (Å²) in [5.41, 5.74) is 1.40. The van der Waals surface area contributed by atoms with Crippen molar-refractivity contribution in [2.45, 2.75) is 38.8 Å². The Bertz CT molecular complexity index is 978. The number of aromatic nitrogens is 1. The highest BCUT2D eigenvalue weighted by molar-refractivity contribution is 7.19. The Morgan fingerprint density at radius 1 is 1.29 bits per heavy atom. The second kappa shape index (κ2) is 7.89. The number of pyridine rings is 1. The summed E-state index contributed by atoms with van der Waals surface area (Å²) in [4.78, 5) is 18.4. The smallest absolute Gasteiger partial charge is 0.253 e. The molecule has 0 bridgehead atoms. The Morgan fingerprint density at radius 2 is 2.11 bits per heavy atom. The van der Waals surface area contributed by atoms with Crippen molar-refractivity contribution in [1.82, 2.24) is 10.3 Å². The Hall–Kier alpha value is -2.44.